The highest BCUT2D eigenvalue weighted by molar-refractivity contribution is 7.21. The van der Waals surface area contributed by atoms with E-state index in [1.807, 2.05) is 54.6 Å². The lowest BCUT2D eigenvalue weighted by Crippen LogP contribution is -2.13. The molecule has 3 heterocycles. The van der Waals surface area contributed by atoms with Gasteiger partial charge >= 0.3 is 0 Å². The minimum atomic E-state index is -0.121. The van der Waals surface area contributed by atoms with Crippen LogP contribution in [0.1, 0.15) is 12.2 Å². The number of benzene rings is 2. The highest BCUT2D eigenvalue weighted by atomic mass is 32.1. The highest BCUT2D eigenvalue weighted by Crippen LogP contribution is 2.33. The van der Waals surface area contributed by atoms with E-state index in [1.165, 1.54) is 11.3 Å². The average Bonchev–Trinajstić information content (AvgIpc) is 3.05. The Balaban J connectivity index is 1.38. The van der Waals surface area contributed by atoms with Gasteiger partial charge in [-0.1, -0.05) is 30.3 Å². The number of fused-ring (bicyclic) bond motifs is 2. The van der Waals surface area contributed by atoms with Crippen LogP contribution in [0.25, 0.3) is 20.7 Å². The van der Waals surface area contributed by atoms with Gasteiger partial charge in [0, 0.05) is 23.1 Å². The molecule has 0 spiro atoms. The molecule has 2 aromatic heterocycles. The molecule has 7 heteroatoms. The standard InChI is InChI=1S/C22H19N3O3S/c26-21-16-12-19(14-5-2-1-3-6-14)29-22(16)25-20(24-21)13-23-15-7-8-17-18(11-15)28-10-4-9-27-17/h1-3,5-8,11-12,23H,4,9-10,13H2,(H,24,25,26). The first-order valence-electron chi connectivity index (χ1n) is 9.48. The Morgan fingerprint density at radius 3 is 2.72 bits per heavy atom. The average molecular weight is 405 g/mol. The molecule has 2 N–H and O–H groups in total. The van der Waals surface area contributed by atoms with Crippen molar-refractivity contribution in [1.29, 1.82) is 0 Å². The first-order chi connectivity index (χ1) is 14.3. The Hall–Kier alpha value is -3.32. The lowest BCUT2D eigenvalue weighted by molar-refractivity contribution is 0.297. The Morgan fingerprint density at radius 2 is 1.86 bits per heavy atom. The molecule has 29 heavy (non-hydrogen) atoms. The van der Waals surface area contributed by atoms with E-state index < -0.39 is 0 Å². The van der Waals surface area contributed by atoms with Gasteiger partial charge in [-0.25, -0.2) is 4.98 Å². The quantitative estimate of drug-likeness (QED) is 0.525. The van der Waals surface area contributed by atoms with Crippen LogP contribution in [-0.4, -0.2) is 23.2 Å². The third kappa shape index (κ3) is 3.69. The number of hydrogen-bond donors (Lipinski definition) is 2. The monoisotopic (exact) mass is 405 g/mol. The van der Waals surface area contributed by atoms with Crippen LogP contribution in [0.2, 0.25) is 0 Å². The summed E-state index contributed by atoms with van der Waals surface area (Å²) < 4.78 is 11.4. The normalized spacial score (nSPS) is 13.2. The predicted octanol–water partition coefficient (Wildman–Crippen LogP) is 4.43. The van der Waals surface area contributed by atoms with Crippen LogP contribution in [0, 0.1) is 0 Å². The van der Waals surface area contributed by atoms with Crippen LogP contribution in [0.15, 0.2) is 59.4 Å². The number of aromatic amines is 1. The van der Waals surface area contributed by atoms with Crippen LogP contribution in [0.3, 0.4) is 0 Å². The van der Waals surface area contributed by atoms with E-state index in [1.54, 1.807) is 0 Å². The minimum Gasteiger partial charge on any atom is -0.490 e. The third-order valence-electron chi connectivity index (χ3n) is 4.72. The lowest BCUT2D eigenvalue weighted by Gasteiger charge is -2.11. The van der Waals surface area contributed by atoms with E-state index in [2.05, 4.69) is 15.3 Å². The summed E-state index contributed by atoms with van der Waals surface area (Å²) in [7, 11) is 0. The number of nitrogens with one attached hydrogen (secondary N) is 2. The third-order valence-corrected chi connectivity index (χ3v) is 5.80. The van der Waals surface area contributed by atoms with Crippen LogP contribution in [0.5, 0.6) is 11.5 Å². The molecular formula is C22H19N3O3S. The van der Waals surface area contributed by atoms with Crippen molar-refractivity contribution in [2.45, 2.75) is 13.0 Å². The smallest absolute Gasteiger partial charge is 0.259 e. The molecule has 0 bridgehead atoms. The summed E-state index contributed by atoms with van der Waals surface area (Å²) in [5.74, 6) is 2.08. The summed E-state index contributed by atoms with van der Waals surface area (Å²) in [4.78, 5) is 21.8. The zero-order valence-corrected chi connectivity index (χ0v) is 16.4. The van der Waals surface area contributed by atoms with Crippen LogP contribution < -0.4 is 20.3 Å². The molecule has 6 nitrogen and oxygen atoms in total. The molecule has 0 saturated carbocycles. The molecule has 0 radical (unpaired) electrons. The zero-order chi connectivity index (χ0) is 19.6. The van der Waals surface area contributed by atoms with Gasteiger partial charge in [-0.3, -0.25) is 4.79 Å². The fraction of sp³-hybridized carbons (Fsp3) is 0.182. The second kappa shape index (κ2) is 7.60. The molecule has 0 saturated heterocycles. The molecule has 1 aliphatic rings. The van der Waals surface area contributed by atoms with Gasteiger partial charge in [0.15, 0.2) is 11.5 Å². The molecule has 1 aliphatic heterocycles. The summed E-state index contributed by atoms with van der Waals surface area (Å²) in [6.45, 7) is 1.71. The number of ether oxygens (including phenoxy) is 2. The molecule has 2 aromatic carbocycles. The summed E-state index contributed by atoms with van der Waals surface area (Å²) in [6.07, 6.45) is 0.869. The molecule has 0 unspecified atom stereocenters. The van der Waals surface area contributed by atoms with E-state index in [0.717, 1.165) is 38.9 Å². The maximum atomic E-state index is 12.5. The van der Waals surface area contributed by atoms with E-state index in [-0.39, 0.29) is 5.56 Å². The van der Waals surface area contributed by atoms with Crippen molar-refractivity contribution < 1.29 is 9.47 Å². The number of aromatic nitrogens is 2. The fourth-order valence-corrected chi connectivity index (χ4v) is 4.32. The number of thiophene rings is 1. The number of nitrogens with zero attached hydrogens (tertiary/aromatic N) is 1. The maximum Gasteiger partial charge on any atom is 0.259 e. The van der Waals surface area contributed by atoms with Crippen LogP contribution in [-0.2, 0) is 6.54 Å². The van der Waals surface area contributed by atoms with Gasteiger partial charge in [0.25, 0.3) is 5.56 Å². The Labute approximate surface area is 171 Å². The first kappa shape index (κ1) is 17.8. The number of anilines is 1. The van der Waals surface area contributed by atoms with Crippen molar-refractivity contribution in [3.8, 4) is 21.9 Å². The Kier molecular flexibility index (Phi) is 4.65. The van der Waals surface area contributed by atoms with Gasteiger partial charge < -0.3 is 19.8 Å². The fourth-order valence-electron chi connectivity index (χ4n) is 3.26. The van der Waals surface area contributed by atoms with Crippen molar-refractivity contribution in [1.82, 2.24) is 9.97 Å². The van der Waals surface area contributed by atoms with E-state index in [0.29, 0.717) is 31.0 Å². The number of rotatable bonds is 4. The summed E-state index contributed by atoms with van der Waals surface area (Å²) in [5, 5.41) is 3.92. The van der Waals surface area contributed by atoms with Crippen molar-refractivity contribution in [3.05, 3.63) is 70.8 Å². The van der Waals surface area contributed by atoms with Gasteiger partial charge in [0.2, 0.25) is 0 Å². The van der Waals surface area contributed by atoms with Gasteiger partial charge in [-0.15, -0.1) is 11.3 Å². The molecule has 4 aromatic rings. The molecule has 0 fully saturated rings. The van der Waals surface area contributed by atoms with Crippen molar-refractivity contribution in [2.75, 3.05) is 18.5 Å². The minimum absolute atomic E-state index is 0.121. The van der Waals surface area contributed by atoms with Crippen LogP contribution in [0.4, 0.5) is 5.69 Å². The number of H-pyrrole nitrogens is 1. The molecule has 5 rings (SSSR count). The SMILES string of the molecule is O=c1[nH]c(CNc2ccc3c(c2)OCCCO3)nc2sc(-c3ccccc3)cc12. The molecule has 0 aliphatic carbocycles. The summed E-state index contributed by atoms with van der Waals surface area (Å²) in [6, 6.07) is 17.7. The second-order valence-corrected chi connectivity index (χ2v) is 7.80. The van der Waals surface area contributed by atoms with Gasteiger partial charge in [-0.05, 0) is 23.8 Å². The first-order valence-corrected chi connectivity index (χ1v) is 10.3. The summed E-state index contributed by atoms with van der Waals surface area (Å²) in [5.41, 5.74) is 1.85. The maximum absolute atomic E-state index is 12.5. The Bertz CT molecular complexity index is 1220. The van der Waals surface area contributed by atoms with Crippen molar-refractivity contribution >= 4 is 27.2 Å². The molecule has 0 amide bonds. The summed E-state index contributed by atoms with van der Waals surface area (Å²) >= 11 is 1.53. The second-order valence-electron chi connectivity index (χ2n) is 6.77. The van der Waals surface area contributed by atoms with E-state index >= 15 is 0 Å². The van der Waals surface area contributed by atoms with E-state index in [9.17, 15) is 4.79 Å². The predicted molar refractivity (Wildman–Crippen MR) is 115 cm³/mol. The number of hydrogen-bond acceptors (Lipinski definition) is 6. The van der Waals surface area contributed by atoms with Gasteiger partial charge in [0.05, 0.1) is 25.1 Å². The molecule has 146 valence electrons. The van der Waals surface area contributed by atoms with Gasteiger partial charge in [0.1, 0.15) is 10.7 Å². The van der Waals surface area contributed by atoms with Crippen LogP contribution >= 0.6 is 11.3 Å². The topological polar surface area (TPSA) is 76.2 Å². The van der Waals surface area contributed by atoms with Crippen molar-refractivity contribution in [2.24, 2.45) is 0 Å². The largest absolute Gasteiger partial charge is 0.490 e. The van der Waals surface area contributed by atoms with Gasteiger partial charge in [-0.2, -0.15) is 0 Å². The highest BCUT2D eigenvalue weighted by Gasteiger charge is 2.12. The zero-order valence-electron chi connectivity index (χ0n) is 15.6. The van der Waals surface area contributed by atoms with Crippen molar-refractivity contribution in [3.63, 3.8) is 0 Å². The molecular weight excluding hydrogens is 386 g/mol. The van der Waals surface area contributed by atoms with E-state index in [4.69, 9.17) is 9.47 Å². The molecule has 0 atom stereocenters. The lowest BCUT2D eigenvalue weighted by atomic mass is 10.2. The Morgan fingerprint density at radius 1 is 1.03 bits per heavy atom.